The molecule has 27 heavy (non-hydrogen) atoms. The number of nitrogens with two attached hydrogens (primary N) is 1. The molecule has 0 aliphatic carbocycles. The Kier molecular flexibility index (Phi) is 11.1. The van der Waals surface area contributed by atoms with Gasteiger partial charge in [0.15, 0.2) is 6.23 Å². The van der Waals surface area contributed by atoms with Crippen LogP contribution < -0.4 is 80.3 Å². The summed E-state index contributed by atoms with van der Waals surface area (Å²) in [7, 11) is -11.1. The minimum atomic E-state index is -5.62. The molecule has 2 unspecified atom stereocenters. The number of aromatic nitrogens is 2. The van der Waals surface area contributed by atoms with Crippen molar-refractivity contribution in [2.75, 3.05) is 12.3 Å². The van der Waals surface area contributed by atoms with Crippen molar-refractivity contribution in [1.29, 1.82) is 0 Å². The number of phosphoric acid groups is 2. The Bertz CT molecular complexity index is 789. The number of hydrogen-bond acceptors (Lipinski definition) is 12. The number of nitrogen functional groups attached to an aromatic ring is 1. The van der Waals surface area contributed by atoms with Crippen molar-refractivity contribution < 1.29 is 107 Å². The molecule has 1 aromatic heterocycles. The zero-order valence-corrected chi connectivity index (χ0v) is 19.9. The minimum Gasteiger partial charge on any atom is -0.756 e. The molecule has 14 nitrogen and oxygen atoms in total. The van der Waals surface area contributed by atoms with E-state index < -0.39 is 52.5 Å². The topological polar surface area (TPSA) is 230 Å². The zero-order chi connectivity index (χ0) is 19.0. The first kappa shape index (κ1) is 27.8. The van der Waals surface area contributed by atoms with Gasteiger partial charge in [0, 0.05) is 6.20 Å². The van der Waals surface area contributed by atoms with E-state index in [0.29, 0.717) is 0 Å². The summed E-state index contributed by atoms with van der Waals surface area (Å²) in [6.07, 6.45) is -5.12. The van der Waals surface area contributed by atoms with Crippen LogP contribution in [-0.2, 0) is 22.7 Å². The number of phosphoric ester groups is 1. The molecule has 142 valence electrons. The average Bonchev–Trinajstić information content (AvgIpc) is 2.71. The van der Waals surface area contributed by atoms with E-state index in [0.717, 1.165) is 10.8 Å². The Labute approximate surface area is 196 Å². The summed E-state index contributed by atoms with van der Waals surface area (Å²) in [6.45, 7) is -0.966. The summed E-state index contributed by atoms with van der Waals surface area (Å²) in [5.41, 5.74) is 4.42. The Morgan fingerprint density at radius 1 is 1.30 bits per heavy atom. The summed E-state index contributed by atoms with van der Waals surface area (Å²) in [4.78, 5) is 45.1. The van der Waals surface area contributed by atoms with E-state index >= 15 is 0 Å². The Hall–Kier alpha value is 0.820. The van der Waals surface area contributed by atoms with Crippen LogP contribution in [0.25, 0.3) is 0 Å². The van der Waals surface area contributed by atoms with Gasteiger partial charge in [0.05, 0.1) is 6.61 Å². The van der Waals surface area contributed by atoms with Crippen LogP contribution in [0.2, 0.25) is 0 Å². The van der Waals surface area contributed by atoms with E-state index in [1.807, 2.05) is 0 Å². The molecular formula is C9H13N3Na2O11P2. The normalized spacial score (nSPS) is 29.1. The smallest absolute Gasteiger partial charge is 0.756 e. The van der Waals surface area contributed by atoms with Crippen LogP contribution in [0.15, 0.2) is 17.1 Å². The van der Waals surface area contributed by atoms with E-state index in [9.17, 15) is 33.9 Å². The van der Waals surface area contributed by atoms with Crippen molar-refractivity contribution in [3.05, 3.63) is 22.7 Å². The molecule has 1 aliphatic rings. The average molecular weight is 447 g/mol. The van der Waals surface area contributed by atoms with E-state index in [1.54, 1.807) is 0 Å². The second-order valence-electron chi connectivity index (χ2n) is 4.88. The van der Waals surface area contributed by atoms with Crippen LogP contribution in [0.1, 0.15) is 6.23 Å². The number of rotatable bonds is 6. The molecule has 1 fully saturated rings. The molecule has 2 rings (SSSR count). The van der Waals surface area contributed by atoms with Gasteiger partial charge in [-0.05, 0) is 6.07 Å². The Morgan fingerprint density at radius 3 is 2.41 bits per heavy atom. The van der Waals surface area contributed by atoms with Crippen LogP contribution in [0.5, 0.6) is 0 Å². The van der Waals surface area contributed by atoms with Crippen LogP contribution in [0, 0.1) is 0 Å². The van der Waals surface area contributed by atoms with Crippen molar-refractivity contribution in [1.82, 2.24) is 9.55 Å². The third-order valence-corrected chi connectivity index (χ3v) is 5.15. The van der Waals surface area contributed by atoms with Gasteiger partial charge in [0.25, 0.3) is 15.6 Å². The number of hydrogen-bond donors (Lipinski definition) is 4. The first-order chi connectivity index (χ1) is 11.4. The molecule has 1 aliphatic heterocycles. The largest absolute Gasteiger partial charge is 1.00 e. The molecule has 0 saturated carbocycles. The predicted octanol–water partition coefficient (Wildman–Crippen LogP) is -9.59. The standard InChI is InChI=1S/C9H15N3O11P2.2Na/c10-5-1-2-12(9(15)11-5)8-7(14)6(13)4(22-8)3-21-25(19,20)23-24(16,17)18;;/h1-2,4,6-8,13-14H,3H2,(H,19,20)(H2,10,11,15)(H2,16,17,18);;/q;2*+1/p-2/t4-,6-,7+,8-;;/m1../s1. The van der Waals surface area contributed by atoms with Crippen molar-refractivity contribution in [3.63, 3.8) is 0 Å². The Morgan fingerprint density at radius 2 is 1.89 bits per heavy atom. The van der Waals surface area contributed by atoms with Gasteiger partial charge in [-0.25, -0.2) is 9.11 Å². The van der Waals surface area contributed by atoms with Crippen LogP contribution in [0.4, 0.5) is 5.82 Å². The van der Waals surface area contributed by atoms with Crippen molar-refractivity contribution in [3.8, 4) is 0 Å². The van der Waals surface area contributed by atoms with Gasteiger partial charge < -0.3 is 39.9 Å². The van der Waals surface area contributed by atoms with Gasteiger partial charge >= 0.3 is 64.8 Å². The van der Waals surface area contributed by atoms with Crippen LogP contribution >= 0.6 is 15.6 Å². The van der Waals surface area contributed by atoms with E-state index in [4.69, 9.17) is 15.4 Å². The summed E-state index contributed by atoms with van der Waals surface area (Å²) in [6, 6.07) is 1.22. The predicted molar refractivity (Wildman–Crippen MR) is 73.3 cm³/mol. The molecule has 6 atom stereocenters. The maximum absolute atomic E-state index is 11.7. The number of aliphatic hydroxyl groups is 2. The van der Waals surface area contributed by atoms with Gasteiger partial charge in [-0.15, -0.1) is 0 Å². The second kappa shape index (κ2) is 10.7. The molecule has 0 bridgehead atoms. The van der Waals surface area contributed by atoms with Crippen molar-refractivity contribution in [2.45, 2.75) is 24.5 Å². The first-order valence-corrected chi connectivity index (χ1v) is 9.42. The van der Waals surface area contributed by atoms with Crippen molar-refractivity contribution in [2.24, 2.45) is 0 Å². The molecule has 0 spiro atoms. The van der Waals surface area contributed by atoms with Gasteiger partial charge in [-0.3, -0.25) is 13.7 Å². The SMILES string of the molecule is Nc1ccn([C@@H]2O[C@H](COP(=O)([O-])OP(=O)([O-])O)[C@@H](O)[C@@H]2O)c(=O)n1.[Na+].[Na+]. The quantitative estimate of drug-likeness (QED) is 0.235. The Balaban J connectivity index is 0.00000338. The number of anilines is 1. The molecule has 18 heteroatoms. The van der Waals surface area contributed by atoms with Crippen LogP contribution in [0.3, 0.4) is 0 Å². The van der Waals surface area contributed by atoms with Gasteiger partial charge in [-0.2, -0.15) is 4.98 Å². The summed E-state index contributed by atoms with van der Waals surface area (Å²) in [5, 5.41) is 19.8. The fourth-order valence-corrected chi connectivity index (χ4v) is 3.56. The molecular weight excluding hydrogens is 434 g/mol. The molecule has 1 aromatic rings. The zero-order valence-electron chi connectivity index (χ0n) is 14.1. The maximum Gasteiger partial charge on any atom is 1.00 e. The van der Waals surface area contributed by atoms with Crippen LogP contribution in [-0.4, -0.2) is 49.6 Å². The number of ether oxygens (including phenoxy) is 1. The van der Waals surface area contributed by atoms with Gasteiger partial charge in [0.1, 0.15) is 24.1 Å². The molecule has 0 aromatic carbocycles. The molecule has 1 saturated heterocycles. The molecule has 2 heterocycles. The summed E-state index contributed by atoms with van der Waals surface area (Å²) < 4.78 is 35.1. The minimum absolute atomic E-state index is 0. The monoisotopic (exact) mass is 447 g/mol. The maximum atomic E-state index is 11.7. The third kappa shape index (κ3) is 7.87. The first-order valence-electron chi connectivity index (χ1n) is 6.46. The van der Waals surface area contributed by atoms with E-state index in [2.05, 4.69) is 13.8 Å². The fraction of sp³-hybridized carbons (Fsp3) is 0.556. The number of aliphatic hydroxyl groups excluding tert-OH is 2. The van der Waals surface area contributed by atoms with E-state index in [-0.39, 0.29) is 64.9 Å². The number of nitrogens with zero attached hydrogens (tertiary/aromatic N) is 2. The molecule has 0 radical (unpaired) electrons. The van der Waals surface area contributed by atoms with Gasteiger partial charge in [-0.1, -0.05) is 0 Å². The van der Waals surface area contributed by atoms with Crippen molar-refractivity contribution >= 4 is 21.5 Å². The van der Waals surface area contributed by atoms with E-state index in [1.165, 1.54) is 6.07 Å². The summed E-state index contributed by atoms with van der Waals surface area (Å²) in [5.74, 6) is -0.0929. The van der Waals surface area contributed by atoms with Gasteiger partial charge in [0.2, 0.25) is 0 Å². The third-order valence-electron chi connectivity index (χ3n) is 3.06. The second-order valence-corrected chi connectivity index (χ2v) is 7.62. The summed E-state index contributed by atoms with van der Waals surface area (Å²) >= 11 is 0. The molecule has 5 N–H and O–H groups in total. The fourth-order valence-electron chi connectivity index (χ4n) is 2.03. The molecule has 0 amide bonds.